The summed E-state index contributed by atoms with van der Waals surface area (Å²) in [7, 11) is 0. The Bertz CT molecular complexity index is 1090. The van der Waals surface area contributed by atoms with E-state index in [0.29, 0.717) is 18.1 Å². The van der Waals surface area contributed by atoms with Crippen molar-refractivity contribution in [2.24, 2.45) is 16.7 Å². The monoisotopic (exact) mass is 464 g/mol. The van der Waals surface area contributed by atoms with E-state index in [1.165, 1.54) is 6.42 Å². The third-order valence-electron chi connectivity index (χ3n) is 9.20. The average molecular weight is 465 g/mol. The maximum absolute atomic E-state index is 13.3. The molecule has 2 aliphatic carbocycles. The van der Waals surface area contributed by atoms with E-state index in [-0.39, 0.29) is 16.9 Å². The molecular weight excluding hydrogens is 428 g/mol. The summed E-state index contributed by atoms with van der Waals surface area (Å²) < 4.78 is 11.5. The van der Waals surface area contributed by atoms with Crippen LogP contribution in [0.2, 0.25) is 0 Å². The third-order valence-corrected chi connectivity index (χ3v) is 9.20. The third kappa shape index (κ3) is 3.91. The van der Waals surface area contributed by atoms with E-state index in [2.05, 4.69) is 31.0 Å². The second-order valence-electron chi connectivity index (χ2n) is 10.9. The molecule has 1 saturated heterocycles. The molecule has 0 spiro atoms. The van der Waals surface area contributed by atoms with E-state index in [0.717, 1.165) is 62.2 Å². The van der Waals surface area contributed by atoms with Crippen molar-refractivity contribution in [3.8, 4) is 5.75 Å². The van der Waals surface area contributed by atoms with Crippen molar-refractivity contribution in [3.63, 3.8) is 0 Å². The lowest BCUT2D eigenvalue weighted by Gasteiger charge is -2.39. The molecular formula is C28H36N2O4. The topological polar surface area (TPSA) is 67.9 Å². The molecule has 2 saturated carbocycles. The minimum Gasteiger partial charge on any atom is -0.492 e. The first-order valence-electron chi connectivity index (χ1n) is 12.6. The molecule has 0 radical (unpaired) electrons. The fourth-order valence-corrected chi connectivity index (χ4v) is 6.47. The van der Waals surface area contributed by atoms with E-state index < -0.39 is 11.7 Å². The number of nitrogens with zero attached hydrogens (tertiary/aromatic N) is 1. The molecule has 1 heterocycles. The summed E-state index contributed by atoms with van der Waals surface area (Å²) in [6, 6.07) is 11.3. The Labute approximate surface area is 202 Å². The van der Waals surface area contributed by atoms with Crippen LogP contribution in [0.15, 0.2) is 36.4 Å². The van der Waals surface area contributed by atoms with Crippen LogP contribution in [-0.4, -0.2) is 62.1 Å². The number of ketones is 1. The van der Waals surface area contributed by atoms with E-state index in [4.69, 9.17) is 9.47 Å². The molecule has 1 amide bonds. The summed E-state index contributed by atoms with van der Waals surface area (Å²) in [5.74, 6) is 0.372. The molecule has 1 unspecified atom stereocenters. The van der Waals surface area contributed by atoms with E-state index in [1.807, 2.05) is 30.3 Å². The lowest BCUT2D eigenvalue weighted by molar-refractivity contribution is -0.118. The van der Waals surface area contributed by atoms with Crippen LogP contribution >= 0.6 is 0 Å². The Hall–Kier alpha value is -2.44. The average Bonchev–Trinajstić information content (AvgIpc) is 3.18. The highest BCUT2D eigenvalue weighted by Crippen LogP contribution is 2.65. The van der Waals surface area contributed by atoms with Crippen molar-refractivity contribution in [2.75, 3.05) is 39.5 Å². The standard InChI is InChI=1S/C28H36N2O4/c1-27(2)19-10-11-28(27,3)24(18-19)29-26(32)25(31)22-8-9-23(21-7-5-4-6-20(21)22)34-17-14-30-12-15-33-16-13-30/h4-9,19,24H,10-18H2,1-3H3,(H,29,32)/t19?,24-,28-/m0/s1. The minimum absolute atomic E-state index is 0.0356. The van der Waals surface area contributed by atoms with Crippen molar-refractivity contribution >= 4 is 22.5 Å². The lowest BCUT2D eigenvalue weighted by Crippen LogP contribution is -2.48. The number of carbonyl (C=O) groups is 2. The molecule has 3 fully saturated rings. The molecule has 6 heteroatoms. The van der Waals surface area contributed by atoms with Crippen LogP contribution in [0.3, 0.4) is 0 Å². The molecule has 1 N–H and O–H groups in total. The molecule has 3 aliphatic rings. The number of fused-ring (bicyclic) bond motifs is 3. The minimum atomic E-state index is -0.499. The number of hydrogen-bond donors (Lipinski definition) is 1. The maximum atomic E-state index is 13.3. The van der Waals surface area contributed by atoms with Crippen LogP contribution in [0.25, 0.3) is 10.8 Å². The van der Waals surface area contributed by atoms with E-state index in [1.54, 1.807) is 6.07 Å². The molecule has 2 bridgehead atoms. The van der Waals surface area contributed by atoms with Crippen LogP contribution in [0.5, 0.6) is 5.75 Å². The van der Waals surface area contributed by atoms with Crippen molar-refractivity contribution < 1.29 is 19.1 Å². The highest BCUT2D eigenvalue weighted by Gasteiger charge is 2.61. The fraction of sp³-hybridized carbons (Fsp3) is 0.571. The molecule has 182 valence electrons. The highest BCUT2D eigenvalue weighted by molar-refractivity contribution is 6.45. The van der Waals surface area contributed by atoms with Crippen LogP contribution in [-0.2, 0) is 9.53 Å². The Kier molecular flexibility index (Phi) is 6.15. The van der Waals surface area contributed by atoms with Gasteiger partial charge in [-0.15, -0.1) is 0 Å². The second kappa shape index (κ2) is 8.97. The molecule has 34 heavy (non-hydrogen) atoms. The number of nitrogens with one attached hydrogen (secondary N) is 1. The van der Waals surface area contributed by atoms with Gasteiger partial charge < -0.3 is 14.8 Å². The second-order valence-corrected chi connectivity index (χ2v) is 10.9. The van der Waals surface area contributed by atoms with Crippen molar-refractivity contribution in [2.45, 2.75) is 46.1 Å². The van der Waals surface area contributed by atoms with Gasteiger partial charge in [0.15, 0.2) is 0 Å². The molecule has 3 atom stereocenters. The molecule has 0 aromatic heterocycles. The van der Waals surface area contributed by atoms with Gasteiger partial charge in [0.05, 0.1) is 13.2 Å². The Morgan fingerprint density at radius 3 is 2.50 bits per heavy atom. The predicted octanol–water partition coefficient (Wildman–Crippen LogP) is 4.06. The zero-order chi connectivity index (χ0) is 23.9. The summed E-state index contributed by atoms with van der Waals surface area (Å²) in [5, 5.41) is 4.73. The van der Waals surface area contributed by atoms with Gasteiger partial charge in [-0.2, -0.15) is 0 Å². The van der Waals surface area contributed by atoms with Gasteiger partial charge in [0, 0.05) is 36.6 Å². The number of amides is 1. The van der Waals surface area contributed by atoms with E-state index in [9.17, 15) is 9.59 Å². The van der Waals surface area contributed by atoms with Crippen LogP contribution in [0.1, 0.15) is 50.4 Å². The maximum Gasteiger partial charge on any atom is 0.292 e. The Morgan fingerprint density at radius 1 is 1.09 bits per heavy atom. The van der Waals surface area contributed by atoms with Gasteiger partial charge in [-0.3, -0.25) is 14.5 Å². The van der Waals surface area contributed by atoms with Gasteiger partial charge in [-0.1, -0.05) is 45.0 Å². The fourth-order valence-electron chi connectivity index (χ4n) is 6.47. The number of benzene rings is 2. The summed E-state index contributed by atoms with van der Waals surface area (Å²) >= 11 is 0. The van der Waals surface area contributed by atoms with Gasteiger partial charge in [-0.05, 0) is 53.5 Å². The summed E-state index contributed by atoms with van der Waals surface area (Å²) in [6.45, 7) is 11.7. The van der Waals surface area contributed by atoms with Gasteiger partial charge in [0.1, 0.15) is 12.4 Å². The number of Topliss-reactive ketones (excluding diaryl/α,β-unsaturated/α-hetero) is 1. The number of rotatable bonds is 7. The molecule has 5 rings (SSSR count). The van der Waals surface area contributed by atoms with Gasteiger partial charge in [0.2, 0.25) is 0 Å². The number of hydrogen-bond acceptors (Lipinski definition) is 5. The quantitative estimate of drug-likeness (QED) is 0.494. The molecule has 2 aromatic carbocycles. The van der Waals surface area contributed by atoms with E-state index >= 15 is 0 Å². The van der Waals surface area contributed by atoms with Crippen molar-refractivity contribution in [1.82, 2.24) is 10.2 Å². The van der Waals surface area contributed by atoms with Gasteiger partial charge in [0.25, 0.3) is 11.7 Å². The molecule has 2 aromatic rings. The lowest BCUT2D eigenvalue weighted by atomic mass is 9.69. The zero-order valence-electron chi connectivity index (χ0n) is 20.6. The van der Waals surface area contributed by atoms with Crippen molar-refractivity contribution in [3.05, 3.63) is 42.0 Å². The largest absolute Gasteiger partial charge is 0.492 e. The number of morpholine rings is 1. The van der Waals surface area contributed by atoms with Crippen LogP contribution in [0.4, 0.5) is 0 Å². The summed E-state index contributed by atoms with van der Waals surface area (Å²) in [5.41, 5.74) is 0.649. The highest BCUT2D eigenvalue weighted by atomic mass is 16.5. The predicted molar refractivity (Wildman–Crippen MR) is 132 cm³/mol. The first-order valence-corrected chi connectivity index (χ1v) is 12.6. The molecule has 6 nitrogen and oxygen atoms in total. The number of ether oxygens (including phenoxy) is 2. The SMILES string of the molecule is CC1(C)C2CC[C@@]1(C)[C@@H](NC(=O)C(=O)c1ccc(OCCN3CCOCC3)c3ccccc13)C2. The van der Waals surface area contributed by atoms with Crippen LogP contribution < -0.4 is 10.1 Å². The zero-order valence-corrected chi connectivity index (χ0v) is 20.6. The Balaban J connectivity index is 1.30. The van der Waals surface area contributed by atoms with Crippen molar-refractivity contribution in [1.29, 1.82) is 0 Å². The van der Waals surface area contributed by atoms with Crippen LogP contribution in [0, 0.1) is 16.7 Å². The Morgan fingerprint density at radius 2 is 1.82 bits per heavy atom. The first kappa shape index (κ1) is 23.3. The first-order chi connectivity index (χ1) is 16.3. The molecule has 1 aliphatic heterocycles. The van der Waals surface area contributed by atoms with Gasteiger partial charge >= 0.3 is 0 Å². The smallest absolute Gasteiger partial charge is 0.292 e. The van der Waals surface area contributed by atoms with Gasteiger partial charge in [-0.25, -0.2) is 0 Å². The summed E-state index contributed by atoms with van der Waals surface area (Å²) in [4.78, 5) is 28.7. The number of carbonyl (C=O) groups excluding carboxylic acids is 2. The normalized spacial score (nSPS) is 28.2. The summed E-state index contributed by atoms with van der Waals surface area (Å²) in [6.07, 6.45) is 3.27.